The second kappa shape index (κ2) is 8.09. The second-order valence-electron chi connectivity index (χ2n) is 6.07. The summed E-state index contributed by atoms with van der Waals surface area (Å²) >= 11 is 5.98. The molecular formula is C19H19ClN4O3. The van der Waals surface area contributed by atoms with Crippen LogP contribution in [0.25, 0.3) is 0 Å². The molecule has 0 spiro atoms. The van der Waals surface area contributed by atoms with Gasteiger partial charge in [-0.25, -0.2) is 4.99 Å². The summed E-state index contributed by atoms with van der Waals surface area (Å²) in [6.45, 7) is 1.98. The lowest BCUT2D eigenvalue weighted by molar-refractivity contribution is -0.124. The quantitative estimate of drug-likeness (QED) is 0.753. The van der Waals surface area contributed by atoms with Crippen LogP contribution in [0.5, 0.6) is 5.75 Å². The van der Waals surface area contributed by atoms with Crippen molar-refractivity contribution < 1.29 is 14.3 Å². The number of halogens is 1. The molecule has 2 aromatic carbocycles. The number of ether oxygens (including phenoxy) is 1. The first-order chi connectivity index (χ1) is 12.9. The van der Waals surface area contributed by atoms with Crippen molar-refractivity contribution in [3.05, 3.63) is 53.1 Å². The molecule has 2 amide bonds. The van der Waals surface area contributed by atoms with E-state index in [1.54, 1.807) is 18.2 Å². The lowest BCUT2D eigenvalue weighted by Gasteiger charge is -2.21. The number of carbonyl (C=O) groups excluding carboxylic acids is 2. The molecule has 1 atom stereocenters. The predicted octanol–water partition coefficient (Wildman–Crippen LogP) is 2.95. The molecule has 0 unspecified atom stereocenters. The molecule has 8 heteroatoms. The van der Waals surface area contributed by atoms with Crippen molar-refractivity contribution >= 4 is 40.7 Å². The molecule has 7 nitrogen and oxygen atoms in total. The molecule has 2 aromatic rings. The van der Waals surface area contributed by atoms with E-state index in [4.69, 9.17) is 16.3 Å². The van der Waals surface area contributed by atoms with E-state index in [2.05, 4.69) is 20.9 Å². The number of rotatable bonds is 4. The number of amides is 2. The largest absolute Gasteiger partial charge is 0.495 e. The highest BCUT2D eigenvalue weighted by Gasteiger charge is 2.27. The van der Waals surface area contributed by atoms with Crippen LogP contribution >= 0.6 is 11.6 Å². The molecule has 140 valence electrons. The number of aliphatic imine (C=N–C) groups is 1. The van der Waals surface area contributed by atoms with Gasteiger partial charge in [-0.2, -0.15) is 0 Å². The Balaban J connectivity index is 1.76. The average molecular weight is 387 g/mol. The monoisotopic (exact) mass is 386 g/mol. The summed E-state index contributed by atoms with van der Waals surface area (Å²) < 4.78 is 5.22. The molecule has 27 heavy (non-hydrogen) atoms. The number of methoxy groups -OCH3 is 1. The van der Waals surface area contributed by atoms with Gasteiger partial charge in [0.05, 0.1) is 19.2 Å². The Kier molecular flexibility index (Phi) is 5.61. The van der Waals surface area contributed by atoms with Crippen molar-refractivity contribution in [1.29, 1.82) is 0 Å². The Morgan fingerprint density at radius 2 is 2.00 bits per heavy atom. The number of nitrogens with zero attached hydrogens (tertiary/aromatic N) is 1. The summed E-state index contributed by atoms with van der Waals surface area (Å²) in [6, 6.07) is 11.6. The van der Waals surface area contributed by atoms with Gasteiger partial charge < -0.3 is 15.4 Å². The van der Waals surface area contributed by atoms with Crippen molar-refractivity contribution in [3.8, 4) is 5.75 Å². The Hall–Kier alpha value is -3.06. The molecule has 1 heterocycles. The van der Waals surface area contributed by atoms with Crippen LogP contribution in [-0.4, -0.2) is 30.9 Å². The Morgan fingerprint density at radius 1 is 1.26 bits per heavy atom. The first-order valence-corrected chi connectivity index (χ1v) is 8.68. The molecule has 0 fully saturated rings. The van der Waals surface area contributed by atoms with Crippen LogP contribution in [-0.2, 0) is 9.59 Å². The van der Waals surface area contributed by atoms with Gasteiger partial charge in [-0.3, -0.25) is 14.9 Å². The number of hydrogen-bond acceptors (Lipinski definition) is 5. The highest BCUT2D eigenvalue weighted by molar-refractivity contribution is 6.31. The summed E-state index contributed by atoms with van der Waals surface area (Å²) in [5.74, 6) is -0.0187. The topological polar surface area (TPSA) is 91.8 Å². The Morgan fingerprint density at radius 3 is 2.70 bits per heavy atom. The zero-order valence-corrected chi connectivity index (χ0v) is 15.6. The van der Waals surface area contributed by atoms with E-state index < -0.39 is 11.9 Å². The molecule has 0 aromatic heterocycles. The van der Waals surface area contributed by atoms with Crippen LogP contribution in [0, 0.1) is 6.92 Å². The minimum atomic E-state index is -0.865. The van der Waals surface area contributed by atoms with Crippen LogP contribution in [0.1, 0.15) is 12.0 Å². The van der Waals surface area contributed by atoms with E-state index in [1.807, 2.05) is 31.2 Å². The van der Waals surface area contributed by atoms with E-state index in [9.17, 15) is 9.59 Å². The summed E-state index contributed by atoms with van der Waals surface area (Å²) in [4.78, 5) is 28.9. The molecule has 0 aliphatic carbocycles. The average Bonchev–Trinajstić information content (AvgIpc) is 2.63. The Bertz CT molecular complexity index is 896. The van der Waals surface area contributed by atoms with Gasteiger partial charge in [0.25, 0.3) is 0 Å². The molecule has 1 aliphatic heterocycles. The number of carbonyl (C=O) groups is 2. The van der Waals surface area contributed by atoms with Crippen molar-refractivity contribution in [1.82, 2.24) is 5.32 Å². The molecule has 1 aliphatic rings. The fraction of sp³-hybridized carbons (Fsp3) is 0.211. The third-order valence-electron chi connectivity index (χ3n) is 3.96. The predicted molar refractivity (Wildman–Crippen MR) is 105 cm³/mol. The summed E-state index contributed by atoms with van der Waals surface area (Å²) in [5.41, 5.74) is 2.30. The SMILES string of the molecule is COc1ccc(Cl)cc1NC(=O)[C@H]1CC(=O)NC(Nc2ccc(C)cc2)=N1. The molecular weight excluding hydrogens is 368 g/mol. The Labute approximate surface area is 161 Å². The molecule has 3 rings (SSSR count). The van der Waals surface area contributed by atoms with Crippen LogP contribution in [0.15, 0.2) is 47.5 Å². The highest BCUT2D eigenvalue weighted by Crippen LogP contribution is 2.28. The highest BCUT2D eigenvalue weighted by atomic mass is 35.5. The van der Waals surface area contributed by atoms with E-state index in [0.717, 1.165) is 11.3 Å². The molecule has 0 saturated heterocycles. The zero-order valence-electron chi connectivity index (χ0n) is 14.9. The van der Waals surface area contributed by atoms with E-state index in [-0.39, 0.29) is 18.3 Å². The van der Waals surface area contributed by atoms with Gasteiger partial charge in [-0.15, -0.1) is 0 Å². The summed E-state index contributed by atoms with van der Waals surface area (Å²) in [6.07, 6.45) is -0.0478. The minimum Gasteiger partial charge on any atom is -0.495 e. The van der Waals surface area contributed by atoms with E-state index in [0.29, 0.717) is 16.5 Å². The number of benzene rings is 2. The van der Waals surface area contributed by atoms with Crippen LogP contribution in [0.2, 0.25) is 5.02 Å². The van der Waals surface area contributed by atoms with Gasteiger partial charge in [0.15, 0.2) is 0 Å². The maximum Gasteiger partial charge on any atom is 0.249 e. The minimum absolute atomic E-state index is 0.0478. The number of hydrogen-bond donors (Lipinski definition) is 3. The van der Waals surface area contributed by atoms with Crippen molar-refractivity contribution in [2.45, 2.75) is 19.4 Å². The van der Waals surface area contributed by atoms with Gasteiger partial charge in [0.2, 0.25) is 17.8 Å². The zero-order chi connectivity index (χ0) is 19.4. The summed E-state index contributed by atoms with van der Waals surface area (Å²) in [7, 11) is 1.49. The van der Waals surface area contributed by atoms with Crippen LogP contribution in [0.4, 0.5) is 11.4 Å². The molecule has 0 saturated carbocycles. The van der Waals surface area contributed by atoms with Crippen molar-refractivity contribution in [2.75, 3.05) is 17.7 Å². The number of nitrogens with one attached hydrogen (secondary N) is 3. The maximum absolute atomic E-state index is 12.6. The normalized spacial score (nSPS) is 16.2. The number of aryl methyl sites for hydroxylation is 1. The van der Waals surface area contributed by atoms with E-state index >= 15 is 0 Å². The molecule has 0 radical (unpaired) electrons. The fourth-order valence-corrected chi connectivity index (χ4v) is 2.75. The molecule has 3 N–H and O–H groups in total. The lowest BCUT2D eigenvalue weighted by atomic mass is 10.1. The maximum atomic E-state index is 12.6. The third kappa shape index (κ3) is 4.77. The first-order valence-electron chi connectivity index (χ1n) is 8.30. The van der Waals surface area contributed by atoms with Crippen molar-refractivity contribution in [2.24, 2.45) is 4.99 Å². The van der Waals surface area contributed by atoms with Crippen molar-refractivity contribution in [3.63, 3.8) is 0 Å². The van der Waals surface area contributed by atoms with Gasteiger partial charge >= 0.3 is 0 Å². The standard InChI is InChI=1S/C19H19ClN4O3/c1-11-3-6-13(7-4-11)21-19-23-15(10-17(25)24-19)18(26)22-14-9-12(20)5-8-16(14)27-2/h3-9,15H,10H2,1-2H3,(H,22,26)(H2,21,23,24,25)/t15-/m1/s1. The summed E-state index contributed by atoms with van der Waals surface area (Å²) in [5, 5.41) is 8.82. The molecule has 0 bridgehead atoms. The smallest absolute Gasteiger partial charge is 0.249 e. The first kappa shape index (κ1) is 18.7. The number of anilines is 2. The van der Waals surface area contributed by atoms with Gasteiger partial charge in [0, 0.05) is 10.7 Å². The fourth-order valence-electron chi connectivity index (χ4n) is 2.57. The van der Waals surface area contributed by atoms with Gasteiger partial charge in [-0.05, 0) is 37.3 Å². The van der Waals surface area contributed by atoms with Crippen LogP contribution < -0.4 is 20.7 Å². The number of guanidine groups is 1. The van der Waals surface area contributed by atoms with Gasteiger partial charge in [0.1, 0.15) is 11.8 Å². The third-order valence-corrected chi connectivity index (χ3v) is 4.19. The van der Waals surface area contributed by atoms with E-state index in [1.165, 1.54) is 7.11 Å². The lowest BCUT2D eigenvalue weighted by Crippen LogP contribution is -2.45. The van der Waals surface area contributed by atoms with Gasteiger partial charge in [-0.1, -0.05) is 29.3 Å². The second-order valence-corrected chi connectivity index (χ2v) is 6.51. The van der Waals surface area contributed by atoms with Crippen LogP contribution in [0.3, 0.4) is 0 Å².